The molecule has 0 radical (unpaired) electrons. The Bertz CT molecular complexity index is 1280. The molecule has 216 valence electrons. The Labute approximate surface area is 228 Å². The van der Waals surface area contributed by atoms with Crippen LogP contribution in [0.4, 0.5) is 35.3 Å². The highest BCUT2D eigenvalue weighted by atomic mass is 19.4. The Kier molecular flexibility index (Phi) is 7.44. The van der Waals surface area contributed by atoms with Gasteiger partial charge in [-0.05, 0) is 39.7 Å². The molecule has 40 heavy (non-hydrogen) atoms. The molecule has 0 saturated carbocycles. The average Bonchev–Trinajstić information content (AvgIpc) is 3.25. The number of nitrogens with one attached hydrogen (secondary N) is 2. The molecule has 2 aromatic heterocycles. The van der Waals surface area contributed by atoms with E-state index in [1.54, 1.807) is 12.1 Å². The number of rotatable bonds is 6. The number of fused-ring (bicyclic) bond motifs is 4. The fraction of sp³-hybridized carbons (Fsp3) is 0.560. The van der Waals surface area contributed by atoms with Crippen molar-refractivity contribution in [3.8, 4) is 5.75 Å². The molecule has 2 bridgehead atoms. The lowest BCUT2D eigenvalue weighted by Gasteiger charge is -2.45. The molecule has 2 fully saturated rings. The zero-order valence-corrected chi connectivity index (χ0v) is 22.2. The number of piperidine rings is 1. The van der Waals surface area contributed by atoms with E-state index in [4.69, 9.17) is 14.2 Å². The molecule has 5 rings (SSSR count). The average molecular weight is 566 g/mol. The quantitative estimate of drug-likeness (QED) is 0.543. The van der Waals surface area contributed by atoms with E-state index in [1.807, 2.05) is 24.1 Å². The molecule has 3 aliphatic heterocycles. The van der Waals surface area contributed by atoms with Gasteiger partial charge in [-0.25, -0.2) is 19.7 Å². The van der Waals surface area contributed by atoms with E-state index in [9.17, 15) is 22.8 Å². The highest BCUT2D eigenvalue weighted by molar-refractivity contribution is 6.04. The molecule has 3 amide bonds. The summed E-state index contributed by atoms with van der Waals surface area (Å²) in [7, 11) is 0. The first-order valence-corrected chi connectivity index (χ1v) is 12.9. The number of nitrogens with zero attached hydrogens (tertiary/aromatic N) is 5. The summed E-state index contributed by atoms with van der Waals surface area (Å²) in [6.45, 7) is 6.33. The summed E-state index contributed by atoms with van der Waals surface area (Å²) in [5.41, 5.74) is 0.512. The number of carbonyl (C=O) groups is 2. The van der Waals surface area contributed by atoms with Crippen LogP contribution in [-0.2, 0) is 9.47 Å². The molecule has 3 atom stereocenters. The van der Waals surface area contributed by atoms with Crippen molar-refractivity contribution in [1.29, 1.82) is 0 Å². The standard InChI is InChI=1S/C25H30F3N7O5/c1-14(25(26,27)28)31-22(36)20-30-10-18-21(33-20)35(15-5-4-8-34(18)11-15)23(37)32-19-9-16(6-7-29-19)38-12-17-13-39-24(2,3)40-17/h6-7,9-10,14-15,17H,4-5,8,11-13H2,1-3H3,(H,31,36)(H,29,32,37)/t14?,15-,17-/m0/s1. The van der Waals surface area contributed by atoms with Crippen LogP contribution in [0, 0.1) is 0 Å². The number of amides is 3. The molecule has 2 N–H and O–H groups in total. The second-order valence-corrected chi connectivity index (χ2v) is 10.3. The van der Waals surface area contributed by atoms with E-state index in [1.165, 1.54) is 17.3 Å². The number of aromatic nitrogens is 3. The largest absolute Gasteiger partial charge is 0.491 e. The number of ether oxygens (including phenoxy) is 3. The predicted molar refractivity (Wildman–Crippen MR) is 136 cm³/mol. The fourth-order valence-corrected chi connectivity index (χ4v) is 4.81. The molecule has 2 aromatic rings. The summed E-state index contributed by atoms with van der Waals surface area (Å²) in [6.07, 6.45) is -0.537. The van der Waals surface area contributed by atoms with Crippen LogP contribution in [0.1, 0.15) is 44.2 Å². The van der Waals surface area contributed by atoms with Gasteiger partial charge in [0.15, 0.2) is 11.6 Å². The van der Waals surface area contributed by atoms with E-state index >= 15 is 0 Å². The smallest absolute Gasteiger partial charge is 0.408 e. The van der Waals surface area contributed by atoms with Crippen LogP contribution in [0.15, 0.2) is 24.5 Å². The Morgan fingerprint density at radius 2 is 2.10 bits per heavy atom. The second-order valence-electron chi connectivity index (χ2n) is 10.3. The van der Waals surface area contributed by atoms with E-state index in [-0.39, 0.29) is 30.4 Å². The number of halogens is 3. The summed E-state index contributed by atoms with van der Waals surface area (Å²) in [6, 6.07) is 0.283. The van der Waals surface area contributed by atoms with Gasteiger partial charge in [-0.2, -0.15) is 13.2 Å². The van der Waals surface area contributed by atoms with Crippen molar-refractivity contribution >= 4 is 29.3 Å². The zero-order valence-electron chi connectivity index (χ0n) is 22.2. The van der Waals surface area contributed by atoms with Crippen LogP contribution in [-0.4, -0.2) is 83.3 Å². The molecule has 0 aliphatic carbocycles. The monoisotopic (exact) mass is 565 g/mol. The van der Waals surface area contributed by atoms with Crippen LogP contribution >= 0.6 is 0 Å². The molecule has 15 heteroatoms. The second kappa shape index (κ2) is 10.7. The lowest BCUT2D eigenvalue weighted by molar-refractivity contribution is -0.149. The lowest BCUT2D eigenvalue weighted by atomic mass is 10.0. The third-order valence-electron chi connectivity index (χ3n) is 6.81. The SMILES string of the molecule is CC(NC(=O)c1ncc2c(n1)N(C(=O)Nc1cc(OC[C@H]3COC(C)(C)O3)ccn1)[C@H]1CCCN2C1)C(F)(F)F. The minimum absolute atomic E-state index is 0.140. The van der Waals surface area contributed by atoms with E-state index in [0.29, 0.717) is 37.6 Å². The molecular formula is C25H30F3N7O5. The molecule has 12 nitrogen and oxygen atoms in total. The summed E-state index contributed by atoms with van der Waals surface area (Å²) < 4.78 is 56.0. The molecule has 5 heterocycles. The molecule has 2 saturated heterocycles. The van der Waals surface area contributed by atoms with Crippen LogP contribution in [0.2, 0.25) is 0 Å². The van der Waals surface area contributed by atoms with Crippen molar-refractivity contribution in [1.82, 2.24) is 20.3 Å². The number of alkyl halides is 3. The van der Waals surface area contributed by atoms with Gasteiger partial charge in [-0.3, -0.25) is 15.0 Å². The van der Waals surface area contributed by atoms with Gasteiger partial charge < -0.3 is 24.4 Å². The fourth-order valence-electron chi connectivity index (χ4n) is 4.81. The molecule has 3 aliphatic rings. The van der Waals surface area contributed by atoms with Gasteiger partial charge in [0.1, 0.15) is 30.3 Å². The predicted octanol–water partition coefficient (Wildman–Crippen LogP) is 3.10. The van der Waals surface area contributed by atoms with E-state index < -0.39 is 35.8 Å². The maximum absolute atomic E-state index is 13.5. The first-order chi connectivity index (χ1) is 18.9. The number of anilines is 3. The maximum Gasteiger partial charge on any atom is 0.408 e. The van der Waals surface area contributed by atoms with Gasteiger partial charge >= 0.3 is 12.2 Å². The third kappa shape index (κ3) is 6.04. The summed E-state index contributed by atoms with van der Waals surface area (Å²) in [4.78, 5) is 41.9. The highest BCUT2D eigenvalue weighted by Crippen LogP contribution is 2.38. The number of hydrogen-bond donors (Lipinski definition) is 2. The topological polar surface area (TPSA) is 131 Å². The van der Waals surface area contributed by atoms with Gasteiger partial charge in [0.25, 0.3) is 5.91 Å². The normalized spacial score (nSPS) is 22.4. The van der Waals surface area contributed by atoms with E-state index in [2.05, 4.69) is 20.3 Å². The molecule has 1 unspecified atom stereocenters. The summed E-state index contributed by atoms with van der Waals surface area (Å²) in [5.74, 6) is -1.42. The molecule has 0 spiro atoms. The number of urea groups is 1. The van der Waals surface area contributed by atoms with E-state index in [0.717, 1.165) is 13.3 Å². The van der Waals surface area contributed by atoms with Gasteiger partial charge in [-0.1, -0.05) is 0 Å². The van der Waals surface area contributed by atoms with Gasteiger partial charge in [0.05, 0.1) is 24.5 Å². The number of carbonyl (C=O) groups excluding carboxylic acids is 2. The number of hydrogen-bond acceptors (Lipinski definition) is 9. The van der Waals surface area contributed by atoms with Crippen molar-refractivity contribution < 1.29 is 37.0 Å². The van der Waals surface area contributed by atoms with Gasteiger partial charge in [0.2, 0.25) is 5.82 Å². The minimum atomic E-state index is -4.63. The van der Waals surface area contributed by atoms with Gasteiger partial charge in [0, 0.05) is 25.4 Å². The van der Waals surface area contributed by atoms with Crippen molar-refractivity contribution in [2.75, 3.05) is 41.4 Å². The van der Waals surface area contributed by atoms with Crippen molar-refractivity contribution in [2.45, 2.75) is 63.8 Å². The Balaban J connectivity index is 1.33. The van der Waals surface area contributed by atoms with Crippen molar-refractivity contribution in [2.24, 2.45) is 0 Å². The van der Waals surface area contributed by atoms with Crippen LogP contribution in [0.25, 0.3) is 0 Å². The zero-order chi connectivity index (χ0) is 28.7. The first kappa shape index (κ1) is 27.8. The summed E-state index contributed by atoms with van der Waals surface area (Å²) in [5, 5.41) is 4.61. The van der Waals surface area contributed by atoms with Crippen molar-refractivity contribution in [3.63, 3.8) is 0 Å². The number of pyridine rings is 1. The van der Waals surface area contributed by atoms with Crippen LogP contribution < -0.4 is 25.2 Å². The first-order valence-electron chi connectivity index (χ1n) is 12.9. The minimum Gasteiger partial charge on any atom is -0.491 e. The van der Waals surface area contributed by atoms with Crippen LogP contribution in [0.3, 0.4) is 0 Å². The molecular weight excluding hydrogens is 535 g/mol. The van der Waals surface area contributed by atoms with Crippen molar-refractivity contribution in [3.05, 3.63) is 30.4 Å². The lowest BCUT2D eigenvalue weighted by Crippen LogP contribution is -2.56. The molecule has 0 aromatic carbocycles. The Morgan fingerprint density at radius 1 is 1.30 bits per heavy atom. The van der Waals surface area contributed by atoms with Gasteiger partial charge in [-0.15, -0.1) is 0 Å². The van der Waals surface area contributed by atoms with Crippen LogP contribution in [0.5, 0.6) is 5.75 Å². The maximum atomic E-state index is 13.5. The Morgan fingerprint density at radius 3 is 2.83 bits per heavy atom. The third-order valence-corrected chi connectivity index (χ3v) is 6.81. The summed E-state index contributed by atoms with van der Waals surface area (Å²) >= 11 is 0. The Hall–Kier alpha value is -3.72. The highest BCUT2D eigenvalue weighted by Gasteiger charge is 2.41.